The number of nitrogens with one attached hydrogen (secondary N) is 1. The van der Waals surface area contributed by atoms with Crippen molar-refractivity contribution >= 4 is 34.0 Å². The van der Waals surface area contributed by atoms with Gasteiger partial charge in [0.15, 0.2) is 11.5 Å². The summed E-state index contributed by atoms with van der Waals surface area (Å²) in [6.07, 6.45) is 4.99. The van der Waals surface area contributed by atoms with E-state index in [1.807, 2.05) is 23.2 Å². The summed E-state index contributed by atoms with van der Waals surface area (Å²) in [6, 6.07) is 11.6. The first-order chi connectivity index (χ1) is 13.2. The number of benzene rings is 2. The van der Waals surface area contributed by atoms with E-state index < -0.39 is 0 Å². The minimum absolute atomic E-state index is 0.0515. The number of aromatic nitrogens is 1. The molecule has 1 amide bonds. The highest BCUT2D eigenvalue weighted by Crippen LogP contribution is 2.40. The molecule has 1 N–H and O–H groups in total. The highest BCUT2D eigenvalue weighted by Gasteiger charge is 2.25. The molecular weight excluding hydrogens is 364 g/mol. The second-order valence-electron chi connectivity index (χ2n) is 6.67. The van der Waals surface area contributed by atoms with E-state index in [9.17, 15) is 4.79 Å². The summed E-state index contributed by atoms with van der Waals surface area (Å²) < 4.78 is 10.7. The van der Waals surface area contributed by atoms with Gasteiger partial charge in [-0.2, -0.15) is 0 Å². The first-order valence-corrected chi connectivity index (χ1v) is 9.22. The average Bonchev–Trinajstić information content (AvgIpc) is 3.35. The highest BCUT2D eigenvalue weighted by atomic mass is 35.5. The van der Waals surface area contributed by atoms with E-state index in [0.717, 1.165) is 11.9 Å². The van der Waals surface area contributed by atoms with E-state index in [2.05, 4.69) is 23.2 Å². The molecule has 3 heterocycles. The minimum Gasteiger partial charge on any atom is -0.454 e. The molecule has 27 heavy (non-hydrogen) atoms. The largest absolute Gasteiger partial charge is 0.454 e. The fourth-order valence-electron chi connectivity index (χ4n) is 3.71. The Morgan fingerprint density at radius 3 is 2.93 bits per heavy atom. The molecule has 5 nitrogen and oxygen atoms in total. The zero-order valence-electron chi connectivity index (χ0n) is 14.5. The van der Waals surface area contributed by atoms with Crippen molar-refractivity contribution in [3.63, 3.8) is 0 Å². The number of carbonyl (C=O) groups is 1. The third-order valence-corrected chi connectivity index (χ3v) is 5.39. The van der Waals surface area contributed by atoms with Crippen molar-refractivity contribution in [2.45, 2.75) is 6.42 Å². The van der Waals surface area contributed by atoms with Crippen LogP contribution in [-0.4, -0.2) is 35.7 Å². The summed E-state index contributed by atoms with van der Waals surface area (Å²) >= 11 is 6.21. The number of fused-ring (bicyclic) bond motifs is 2. The van der Waals surface area contributed by atoms with Gasteiger partial charge >= 0.3 is 0 Å². The number of halogens is 1. The van der Waals surface area contributed by atoms with Crippen LogP contribution >= 0.6 is 11.6 Å². The smallest absolute Gasteiger partial charge is 0.254 e. The van der Waals surface area contributed by atoms with E-state index in [4.69, 9.17) is 21.1 Å². The van der Waals surface area contributed by atoms with Crippen molar-refractivity contribution < 1.29 is 14.3 Å². The second-order valence-corrected chi connectivity index (χ2v) is 7.08. The number of ether oxygens (including phenoxy) is 2. The van der Waals surface area contributed by atoms with Crippen molar-refractivity contribution in [1.29, 1.82) is 0 Å². The molecule has 0 saturated heterocycles. The Balaban J connectivity index is 1.38. The van der Waals surface area contributed by atoms with Crippen molar-refractivity contribution in [2.75, 3.05) is 19.9 Å². The molecule has 2 aromatic carbocycles. The normalized spacial score (nSPS) is 15.9. The van der Waals surface area contributed by atoms with E-state index in [1.54, 1.807) is 12.1 Å². The van der Waals surface area contributed by atoms with Gasteiger partial charge in [-0.15, -0.1) is 0 Å². The number of nitrogens with zero attached hydrogens (tertiary/aromatic N) is 1. The Morgan fingerprint density at radius 2 is 2.07 bits per heavy atom. The number of aromatic amines is 1. The molecular formula is C21H17ClN2O3. The van der Waals surface area contributed by atoms with E-state index in [0.29, 0.717) is 35.2 Å². The minimum atomic E-state index is -0.0515. The van der Waals surface area contributed by atoms with Crippen molar-refractivity contribution in [3.8, 4) is 11.5 Å². The number of hydrogen-bond donors (Lipinski definition) is 1. The van der Waals surface area contributed by atoms with Crippen molar-refractivity contribution in [3.05, 3.63) is 64.8 Å². The fraction of sp³-hybridized carbons (Fsp3) is 0.190. The van der Waals surface area contributed by atoms with Gasteiger partial charge in [-0.1, -0.05) is 35.9 Å². The first-order valence-electron chi connectivity index (χ1n) is 8.84. The van der Waals surface area contributed by atoms with Crippen LogP contribution in [0.25, 0.3) is 16.5 Å². The summed E-state index contributed by atoms with van der Waals surface area (Å²) in [4.78, 5) is 18.0. The molecule has 3 aromatic rings. The average molecular weight is 381 g/mol. The predicted octanol–water partition coefficient (Wildman–Crippen LogP) is 4.48. The Labute approximate surface area is 161 Å². The molecule has 0 spiro atoms. The lowest BCUT2D eigenvalue weighted by Gasteiger charge is -2.26. The van der Waals surface area contributed by atoms with Gasteiger partial charge in [0.1, 0.15) is 0 Å². The molecule has 0 saturated carbocycles. The van der Waals surface area contributed by atoms with Crippen LogP contribution in [0, 0.1) is 0 Å². The first kappa shape index (κ1) is 16.3. The number of para-hydroxylation sites is 1. The Kier molecular flexibility index (Phi) is 3.83. The summed E-state index contributed by atoms with van der Waals surface area (Å²) in [5, 5.41) is 1.62. The third-order valence-electron chi connectivity index (χ3n) is 5.11. The zero-order valence-corrected chi connectivity index (χ0v) is 15.3. The van der Waals surface area contributed by atoms with Crippen molar-refractivity contribution in [1.82, 2.24) is 9.88 Å². The Hall–Kier alpha value is -2.92. The molecule has 1 aromatic heterocycles. The number of amides is 1. The van der Waals surface area contributed by atoms with Crippen LogP contribution in [0.4, 0.5) is 0 Å². The summed E-state index contributed by atoms with van der Waals surface area (Å²) in [5.41, 5.74) is 4.12. The monoisotopic (exact) mass is 380 g/mol. The van der Waals surface area contributed by atoms with Crippen LogP contribution in [0.5, 0.6) is 11.5 Å². The lowest BCUT2D eigenvalue weighted by Crippen LogP contribution is -2.34. The van der Waals surface area contributed by atoms with Gasteiger partial charge in [-0.3, -0.25) is 4.79 Å². The summed E-state index contributed by atoms with van der Waals surface area (Å²) in [7, 11) is 0. The third kappa shape index (κ3) is 2.75. The van der Waals surface area contributed by atoms with Crippen LogP contribution in [0.2, 0.25) is 5.02 Å². The topological polar surface area (TPSA) is 54.6 Å². The van der Waals surface area contributed by atoms with Crippen LogP contribution < -0.4 is 9.47 Å². The Morgan fingerprint density at radius 1 is 1.19 bits per heavy atom. The molecule has 0 fully saturated rings. The van der Waals surface area contributed by atoms with Gasteiger partial charge in [0, 0.05) is 41.3 Å². The number of H-pyrrole nitrogens is 1. The van der Waals surface area contributed by atoms with Gasteiger partial charge in [0.05, 0.1) is 5.02 Å². The highest BCUT2D eigenvalue weighted by molar-refractivity contribution is 6.32. The molecule has 0 bridgehead atoms. The fourth-order valence-corrected chi connectivity index (χ4v) is 3.97. The molecule has 2 aliphatic heterocycles. The maximum absolute atomic E-state index is 12.9. The van der Waals surface area contributed by atoms with Crippen molar-refractivity contribution in [2.24, 2.45) is 0 Å². The number of carbonyl (C=O) groups excluding carboxylic acids is 1. The lowest BCUT2D eigenvalue weighted by molar-refractivity contribution is 0.0772. The maximum atomic E-state index is 12.9. The Bertz CT molecular complexity index is 1090. The van der Waals surface area contributed by atoms with Gasteiger partial charge in [0.2, 0.25) is 6.79 Å². The number of rotatable bonds is 2. The molecule has 0 atom stereocenters. The predicted molar refractivity (Wildman–Crippen MR) is 104 cm³/mol. The quantitative estimate of drug-likeness (QED) is 0.713. The molecule has 0 radical (unpaired) electrons. The van der Waals surface area contributed by atoms with Crippen LogP contribution in [0.15, 0.2) is 48.7 Å². The van der Waals surface area contributed by atoms with Gasteiger partial charge < -0.3 is 19.4 Å². The molecule has 136 valence electrons. The van der Waals surface area contributed by atoms with E-state index in [1.165, 1.54) is 16.5 Å². The van der Waals surface area contributed by atoms with Crippen LogP contribution in [0.1, 0.15) is 22.3 Å². The molecule has 5 rings (SSSR count). The SMILES string of the molecule is O=C(c1cc(Cl)c2c(c1)OCO2)N1CC=C(c2c[nH]c3ccccc23)CC1. The molecule has 0 unspecified atom stereocenters. The van der Waals surface area contributed by atoms with E-state index in [-0.39, 0.29) is 12.7 Å². The standard InChI is InChI=1S/C21H17ClN2O3/c22-17-9-14(10-19-20(17)27-12-26-19)21(25)24-7-5-13(6-8-24)16-11-23-18-4-2-1-3-15(16)18/h1-5,9-11,23H,6-8,12H2. The van der Waals surface area contributed by atoms with Crippen LogP contribution in [-0.2, 0) is 0 Å². The zero-order chi connectivity index (χ0) is 18.4. The lowest BCUT2D eigenvalue weighted by atomic mass is 9.98. The molecule has 6 heteroatoms. The maximum Gasteiger partial charge on any atom is 0.254 e. The molecule has 2 aliphatic rings. The van der Waals surface area contributed by atoms with Gasteiger partial charge in [0.25, 0.3) is 5.91 Å². The summed E-state index contributed by atoms with van der Waals surface area (Å²) in [6.45, 7) is 1.36. The van der Waals surface area contributed by atoms with E-state index >= 15 is 0 Å². The summed E-state index contributed by atoms with van der Waals surface area (Å²) in [5.74, 6) is 0.982. The van der Waals surface area contributed by atoms with Gasteiger partial charge in [-0.05, 0) is 30.2 Å². The van der Waals surface area contributed by atoms with Crippen LogP contribution in [0.3, 0.4) is 0 Å². The second kappa shape index (κ2) is 6.35. The molecule has 0 aliphatic carbocycles. The number of hydrogen-bond acceptors (Lipinski definition) is 3. The van der Waals surface area contributed by atoms with Gasteiger partial charge in [-0.25, -0.2) is 0 Å².